The van der Waals surface area contributed by atoms with Gasteiger partial charge in [0.25, 0.3) is 0 Å². The molecule has 0 aromatic carbocycles. The van der Waals surface area contributed by atoms with Gasteiger partial charge >= 0.3 is 0 Å². The Balaban J connectivity index is 3.02. The Morgan fingerprint density at radius 1 is 1.67 bits per heavy atom. The zero-order valence-corrected chi connectivity index (χ0v) is 6.82. The first-order valence-electron chi connectivity index (χ1n) is 3.59. The van der Waals surface area contributed by atoms with Crippen molar-refractivity contribution in [1.29, 1.82) is 0 Å². The van der Waals surface area contributed by atoms with Crippen molar-refractivity contribution < 1.29 is 4.79 Å². The summed E-state index contributed by atoms with van der Waals surface area (Å²) in [4.78, 5) is 14.8. The molecule has 64 valence electrons. The summed E-state index contributed by atoms with van der Waals surface area (Å²) in [6, 6.07) is 2.67. The van der Waals surface area contributed by atoms with E-state index in [1.165, 1.54) is 6.92 Å². The van der Waals surface area contributed by atoms with Crippen LogP contribution in [0, 0.1) is 0 Å². The number of hydrogen-bond donors (Lipinski definition) is 2. The molecule has 1 aromatic rings. The van der Waals surface area contributed by atoms with E-state index in [2.05, 4.69) is 4.98 Å². The zero-order chi connectivity index (χ0) is 9.14. The summed E-state index contributed by atoms with van der Waals surface area (Å²) in [6.07, 6.45) is 1.56. The zero-order valence-electron chi connectivity index (χ0n) is 6.82. The predicted molar refractivity (Wildman–Crippen MR) is 46.3 cm³/mol. The molecule has 1 unspecified atom stereocenters. The van der Waals surface area contributed by atoms with E-state index in [1.54, 1.807) is 18.3 Å². The standard InChI is InChI=1S/C8H11N3O/c1-5(12)7(10)8-6(9)3-2-4-11-8/h2-4,7H,9-10H2,1H3. The first-order chi connectivity index (χ1) is 5.63. The van der Waals surface area contributed by atoms with E-state index in [0.29, 0.717) is 11.4 Å². The molecule has 1 heterocycles. The van der Waals surface area contributed by atoms with Gasteiger partial charge in [0.05, 0.1) is 11.4 Å². The van der Waals surface area contributed by atoms with Crippen molar-refractivity contribution in [2.45, 2.75) is 13.0 Å². The van der Waals surface area contributed by atoms with Crippen LogP contribution in [0.25, 0.3) is 0 Å². The van der Waals surface area contributed by atoms with Gasteiger partial charge < -0.3 is 11.5 Å². The Hall–Kier alpha value is -1.42. The number of aromatic nitrogens is 1. The molecule has 1 rings (SSSR count). The summed E-state index contributed by atoms with van der Waals surface area (Å²) in [7, 11) is 0. The van der Waals surface area contributed by atoms with Crippen LogP contribution in [0.1, 0.15) is 18.7 Å². The third-order valence-electron chi connectivity index (χ3n) is 1.60. The molecule has 1 aromatic heterocycles. The van der Waals surface area contributed by atoms with E-state index in [-0.39, 0.29) is 5.78 Å². The molecule has 4 N–H and O–H groups in total. The highest BCUT2D eigenvalue weighted by atomic mass is 16.1. The summed E-state index contributed by atoms with van der Waals surface area (Å²) in [5, 5.41) is 0. The number of carbonyl (C=O) groups is 1. The number of nitrogen functional groups attached to an aromatic ring is 1. The van der Waals surface area contributed by atoms with Gasteiger partial charge in [-0.05, 0) is 19.1 Å². The number of pyridine rings is 1. The molecule has 0 aliphatic rings. The Morgan fingerprint density at radius 3 is 2.83 bits per heavy atom. The van der Waals surface area contributed by atoms with Crippen molar-refractivity contribution in [1.82, 2.24) is 4.98 Å². The first kappa shape index (κ1) is 8.67. The third kappa shape index (κ3) is 1.60. The molecule has 0 saturated heterocycles. The van der Waals surface area contributed by atoms with Gasteiger partial charge in [-0.15, -0.1) is 0 Å². The van der Waals surface area contributed by atoms with Crippen molar-refractivity contribution >= 4 is 11.5 Å². The van der Waals surface area contributed by atoms with Gasteiger partial charge in [-0.3, -0.25) is 9.78 Å². The summed E-state index contributed by atoms with van der Waals surface area (Å²) in [5.41, 5.74) is 12.0. The number of anilines is 1. The third-order valence-corrected chi connectivity index (χ3v) is 1.60. The largest absolute Gasteiger partial charge is 0.397 e. The van der Waals surface area contributed by atoms with Gasteiger partial charge in [0.2, 0.25) is 0 Å². The lowest BCUT2D eigenvalue weighted by Gasteiger charge is -2.08. The van der Waals surface area contributed by atoms with E-state index in [9.17, 15) is 4.79 Å². The molecular formula is C8H11N3O. The number of nitrogens with zero attached hydrogens (tertiary/aromatic N) is 1. The van der Waals surface area contributed by atoms with Crippen LogP contribution in [-0.4, -0.2) is 10.8 Å². The highest BCUT2D eigenvalue weighted by Crippen LogP contribution is 2.14. The Morgan fingerprint density at radius 2 is 2.33 bits per heavy atom. The van der Waals surface area contributed by atoms with Crippen molar-refractivity contribution in [2.75, 3.05) is 5.73 Å². The Kier molecular flexibility index (Phi) is 2.40. The molecule has 0 aliphatic carbocycles. The minimum absolute atomic E-state index is 0.139. The molecule has 12 heavy (non-hydrogen) atoms. The van der Waals surface area contributed by atoms with Gasteiger partial charge in [0.1, 0.15) is 6.04 Å². The van der Waals surface area contributed by atoms with Crippen LogP contribution in [0.5, 0.6) is 0 Å². The SMILES string of the molecule is CC(=O)C(N)c1ncccc1N. The van der Waals surface area contributed by atoms with Crippen LogP contribution in [0.4, 0.5) is 5.69 Å². The second kappa shape index (κ2) is 3.32. The van der Waals surface area contributed by atoms with Crippen LogP contribution in [0.3, 0.4) is 0 Å². The van der Waals surface area contributed by atoms with Crippen LogP contribution in [-0.2, 0) is 4.79 Å². The molecule has 0 fully saturated rings. The van der Waals surface area contributed by atoms with Crippen molar-refractivity contribution in [3.63, 3.8) is 0 Å². The fourth-order valence-corrected chi connectivity index (χ4v) is 0.882. The molecule has 4 nitrogen and oxygen atoms in total. The second-order valence-electron chi connectivity index (χ2n) is 2.57. The Labute approximate surface area is 70.6 Å². The minimum Gasteiger partial charge on any atom is -0.397 e. The predicted octanol–water partition coefficient (Wildman–Crippen LogP) is 0.253. The number of carbonyl (C=O) groups excluding carboxylic acids is 1. The average Bonchev–Trinajstić information content (AvgIpc) is 2.04. The maximum atomic E-state index is 10.9. The van der Waals surface area contributed by atoms with Crippen molar-refractivity contribution in [3.05, 3.63) is 24.0 Å². The lowest BCUT2D eigenvalue weighted by molar-refractivity contribution is -0.118. The fraction of sp³-hybridized carbons (Fsp3) is 0.250. The summed E-state index contributed by atoms with van der Waals surface area (Å²) in [6.45, 7) is 1.42. The molecule has 0 aliphatic heterocycles. The quantitative estimate of drug-likeness (QED) is 0.658. The van der Waals surface area contributed by atoms with E-state index >= 15 is 0 Å². The first-order valence-corrected chi connectivity index (χ1v) is 3.59. The molecule has 0 saturated carbocycles. The van der Waals surface area contributed by atoms with Crippen LogP contribution in [0.15, 0.2) is 18.3 Å². The van der Waals surface area contributed by atoms with E-state index in [0.717, 1.165) is 0 Å². The normalized spacial score (nSPS) is 12.5. The van der Waals surface area contributed by atoms with Crippen LogP contribution >= 0.6 is 0 Å². The van der Waals surface area contributed by atoms with Crippen molar-refractivity contribution in [3.8, 4) is 0 Å². The van der Waals surface area contributed by atoms with Crippen LogP contribution in [0.2, 0.25) is 0 Å². The van der Waals surface area contributed by atoms with Gasteiger partial charge in [0, 0.05) is 6.20 Å². The topological polar surface area (TPSA) is 82.0 Å². The molecule has 4 heteroatoms. The number of hydrogen-bond acceptors (Lipinski definition) is 4. The fourth-order valence-electron chi connectivity index (χ4n) is 0.882. The van der Waals surface area contributed by atoms with Crippen molar-refractivity contribution in [2.24, 2.45) is 5.73 Å². The van der Waals surface area contributed by atoms with E-state index < -0.39 is 6.04 Å². The molecule has 0 bridgehead atoms. The maximum absolute atomic E-state index is 10.9. The minimum atomic E-state index is -0.703. The molecule has 0 radical (unpaired) electrons. The van der Waals surface area contributed by atoms with E-state index in [1.807, 2.05) is 0 Å². The summed E-state index contributed by atoms with van der Waals surface area (Å²) >= 11 is 0. The molecule has 0 amide bonds. The van der Waals surface area contributed by atoms with Gasteiger partial charge in [-0.2, -0.15) is 0 Å². The summed E-state index contributed by atoms with van der Waals surface area (Å²) in [5.74, 6) is -0.139. The molecule has 0 spiro atoms. The van der Waals surface area contributed by atoms with Gasteiger partial charge in [-0.1, -0.05) is 0 Å². The molecular weight excluding hydrogens is 154 g/mol. The highest BCUT2D eigenvalue weighted by molar-refractivity contribution is 5.83. The van der Waals surface area contributed by atoms with Crippen LogP contribution < -0.4 is 11.5 Å². The van der Waals surface area contributed by atoms with E-state index in [4.69, 9.17) is 11.5 Å². The summed E-state index contributed by atoms with van der Waals surface area (Å²) < 4.78 is 0. The number of ketones is 1. The second-order valence-corrected chi connectivity index (χ2v) is 2.57. The monoisotopic (exact) mass is 165 g/mol. The number of Topliss-reactive ketones (excluding diaryl/α,β-unsaturated/α-hetero) is 1. The van der Waals surface area contributed by atoms with Gasteiger partial charge in [0.15, 0.2) is 5.78 Å². The highest BCUT2D eigenvalue weighted by Gasteiger charge is 2.14. The lowest BCUT2D eigenvalue weighted by Crippen LogP contribution is -2.21. The Bertz CT molecular complexity index is 298. The van der Waals surface area contributed by atoms with Gasteiger partial charge in [-0.25, -0.2) is 0 Å². The average molecular weight is 165 g/mol. The maximum Gasteiger partial charge on any atom is 0.152 e. The lowest BCUT2D eigenvalue weighted by atomic mass is 10.1. The molecule has 1 atom stereocenters. The number of nitrogens with two attached hydrogens (primary N) is 2. The smallest absolute Gasteiger partial charge is 0.152 e. The number of rotatable bonds is 2.